The fourth-order valence-corrected chi connectivity index (χ4v) is 3.79. The maximum absolute atomic E-state index is 13.1. The van der Waals surface area contributed by atoms with Crippen molar-refractivity contribution in [3.8, 4) is 5.75 Å². The molecule has 1 fully saturated rings. The molecule has 178 valence electrons. The number of esters is 1. The van der Waals surface area contributed by atoms with Crippen molar-refractivity contribution in [3.05, 3.63) is 95.3 Å². The Morgan fingerprint density at radius 3 is 2.37 bits per heavy atom. The number of rotatable bonds is 7. The van der Waals surface area contributed by atoms with Crippen LogP contribution in [0.5, 0.6) is 5.75 Å². The Morgan fingerprint density at radius 2 is 1.80 bits per heavy atom. The number of aliphatic hydroxyl groups excluding tert-OH is 1. The second-order valence-corrected chi connectivity index (χ2v) is 7.70. The third-order valence-corrected chi connectivity index (χ3v) is 5.45. The highest BCUT2D eigenvalue weighted by Gasteiger charge is 2.48. The lowest BCUT2D eigenvalue weighted by Gasteiger charge is -2.23. The molecule has 0 saturated carbocycles. The molecule has 1 amide bonds. The number of ketones is 1. The highest BCUT2D eigenvalue weighted by molar-refractivity contribution is 6.51. The number of aliphatic hydroxyl groups is 1. The number of anilines is 1. The molecule has 0 aliphatic carbocycles. The second-order valence-electron chi connectivity index (χ2n) is 7.70. The van der Waals surface area contributed by atoms with Gasteiger partial charge in [0.05, 0.1) is 24.3 Å². The van der Waals surface area contributed by atoms with Gasteiger partial charge in [-0.25, -0.2) is 4.79 Å². The van der Waals surface area contributed by atoms with Gasteiger partial charge >= 0.3 is 11.9 Å². The van der Waals surface area contributed by atoms with Gasteiger partial charge in [0.2, 0.25) is 0 Å². The topological polar surface area (TPSA) is 119 Å². The molecule has 1 atom stereocenters. The largest absolute Gasteiger partial charge is 0.507 e. The Bertz CT molecular complexity index is 1320. The summed E-state index contributed by atoms with van der Waals surface area (Å²) in [5.74, 6) is -1.52. The number of nitrogens with zero attached hydrogens (tertiary/aromatic N) is 2. The monoisotopic (exact) mass is 474 g/mol. The van der Waals surface area contributed by atoms with Gasteiger partial charge in [-0.1, -0.05) is 29.9 Å². The molecule has 1 aromatic heterocycles. The summed E-state index contributed by atoms with van der Waals surface area (Å²) in [5.41, 5.74) is 0.966. The van der Waals surface area contributed by atoms with Crippen molar-refractivity contribution < 1.29 is 33.5 Å². The van der Waals surface area contributed by atoms with Gasteiger partial charge in [-0.15, -0.1) is 0 Å². The first-order valence-corrected chi connectivity index (χ1v) is 10.6. The van der Waals surface area contributed by atoms with Crippen LogP contribution in [-0.2, 0) is 14.3 Å². The van der Waals surface area contributed by atoms with E-state index in [1.165, 1.54) is 30.2 Å². The molecule has 1 saturated heterocycles. The summed E-state index contributed by atoms with van der Waals surface area (Å²) >= 11 is 0. The van der Waals surface area contributed by atoms with Gasteiger partial charge in [-0.3, -0.25) is 14.5 Å². The van der Waals surface area contributed by atoms with Gasteiger partial charge in [0.25, 0.3) is 5.78 Å². The van der Waals surface area contributed by atoms with Gasteiger partial charge in [-0.2, -0.15) is 0 Å². The normalized spacial score (nSPS) is 16.9. The number of aryl methyl sites for hydroxylation is 1. The first kappa shape index (κ1) is 23.5. The molecular formula is C26H22N2O7. The molecule has 2 heterocycles. The lowest BCUT2D eigenvalue weighted by molar-refractivity contribution is -0.132. The van der Waals surface area contributed by atoms with Gasteiger partial charge < -0.3 is 19.1 Å². The zero-order chi connectivity index (χ0) is 25.1. The molecule has 4 rings (SSSR count). The Balaban J connectivity index is 1.83. The van der Waals surface area contributed by atoms with E-state index in [-0.39, 0.29) is 17.2 Å². The van der Waals surface area contributed by atoms with Crippen LogP contribution < -0.4 is 9.64 Å². The van der Waals surface area contributed by atoms with E-state index in [9.17, 15) is 19.5 Å². The van der Waals surface area contributed by atoms with Crippen molar-refractivity contribution in [3.63, 3.8) is 0 Å². The van der Waals surface area contributed by atoms with Crippen molar-refractivity contribution in [2.45, 2.75) is 13.0 Å². The van der Waals surface area contributed by atoms with Crippen LogP contribution in [0, 0.1) is 6.92 Å². The van der Waals surface area contributed by atoms with E-state index < -0.39 is 23.7 Å². The molecule has 0 unspecified atom stereocenters. The maximum atomic E-state index is 13.1. The summed E-state index contributed by atoms with van der Waals surface area (Å²) in [7, 11) is 1.27. The molecule has 9 nitrogen and oxygen atoms in total. The summed E-state index contributed by atoms with van der Waals surface area (Å²) in [4.78, 5) is 39.3. The Morgan fingerprint density at radius 1 is 1.14 bits per heavy atom. The fourth-order valence-electron chi connectivity index (χ4n) is 3.79. The van der Waals surface area contributed by atoms with Crippen molar-refractivity contribution in [2.24, 2.45) is 0 Å². The molecule has 0 spiro atoms. The molecule has 0 radical (unpaired) electrons. The molecule has 35 heavy (non-hydrogen) atoms. The average Bonchev–Trinajstić information content (AvgIpc) is 3.42. The first-order chi connectivity index (χ1) is 16.8. The van der Waals surface area contributed by atoms with E-state index >= 15 is 0 Å². The molecular weight excluding hydrogens is 452 g/mol. The minimum absolute atomic E-state index is 0.124. The summed E-state index contributed by atoms with van der Waals surface area (Å²) < 4.78 is 15.3. The number of ether oxygens (including phenoxy) is 2. The number of carbonyl (C=O) groups is 3. The van der Waals surface area contributed by atoms with Gasteiger partial charge in [-0.05, 0) is 48.9 Å². The van der Waals surface area contributed by atoms with Crippen LogP contribution in [-0.4, -0.2) is 41.6 Å². The number of Topliss-reactive ketones (excluding diaryl/α,β-unsaturated/α-hetero) is 1. The van der Waals surface area contributed by atoms with Crippen molar-refractivity contribution in [1.29, 1.82) is 0 Å². The average molecular weight is 474 g/mol. The number of hydrogen-bond donors (Lipinski definition) is 1. The summed E-state index contributed by atoms with van der Waals surface area (Å²) in [6, 6.07) is 13.1. The SMILES string of the molecule is C=CCOc1ccc(/C(O)=C2\C(=O)C(=O)N(c3cc(C)on3)[C@@H]2c2ccc(C(=O)OC)cc2)cc1. The first-order valence-electron chi connectivity index (χ1n) is 10.6. The van der Waals surface area contributed by atoms with E-state index in [0.717, 1.165) is 0 Å². The Hall–Kier alpha value is -4.66. The van der Waals surface area contributed by atoms with E-state index in [0.29, 0.717) is 34.8 Å². The van der Waals surface area contributed by atoms with E-state index in [1.54, 1.807) is 49.4 Å². The van der Waals surface area contributed by atoms with Crippen LogP contribution >= 0.6 is 0 Å². The Kier molecular flexibility index (Phi) is 6.50. The summed E-state index contributed by atoms with van der Waals surface area (Å²) in [6.07, 6.45) is 1.60. The van der Waals surface area contributed by atoms with Crippen molar-refractivity contribution >= 4 is 29.2 Å². The quantitative estimate of drug-likeness (QED) is 0.180. The summed E-state index contributed by atoms with van der Waals surface area (Å²) in [5, 5.41) is 15.1. The predicted molar refractivity (Wildman–Crippen MR) is 126 cm³/mol. The van der Waals surface area contributed by atoms with E-state index in [4.69, 9.17) is 14.0 Å². The van der Waals surface area contributed by atoms with Crippen molar-refractivity contribution in [1.82, 2.24) is 5.16 Å². The van der Waals surface area contributed by atoms with Crippen LogP contribution in [0.1, 0.15) is 33.3 Å². The van der Waals surface area contributed by atoms with Crippen LogP contribution in [0.25, 0.3) is 5.76 Å². The number of benzene rings is 2. The Labute approximate surface area is 200 Å². The highest BCUT2D eigenvalue weighted by Crippen LogP contribution is 2.42. The molecule has 3 aromatic rings. The number of amides is 1. The third-order valence-electron chi connectivity index (χ3n) is 5.45. The van der Waals surface area contributed by atoms with Crippen LogP contribution in [0.2, 0.25) is 0 Å². The smallest absolute Gasteiger partial charge is 0.337 e. The van der Waals surface area contributed by atoms with E-state index in [1.807, 2.05) is 0 Å². The number of hydrogen-bond acceptors (Lipinski definition) is 8. The zero-order valence-electron chi connectivity index (χ0n) is 19.1. The molecule has 9 heteroatoms. The lowest BCUT2D eigenvalue weighted by atomic mass is 9.94. The number of methoxy groups -OCH3 is 1. The minimum atomic E-state index is -1.01. The second kappa shape index (κ2) is 9.68. The van der Waals surface area contributed by atoms with Gasteiger partial charge in [0.15, 0.2) is 5.82 Å². The fraction of sp³-hybridized carbons (Fsp3) is 0.154. The number of carbonyl (C=O) groups excluding carboxylic acids is 3. The molecule has 1 aliphatic rings. The minimum Gasteiger partial charge on any atom is -0.507 e. The van der Waals surface area contributed by atoms with Crippen LogP contribution in [0.3, 0.4) is 0 Å². The van der Waals surface area contributed by atoms with Gasteiger partial charge in [0.1, 0.15) is 23.9 Å². The molecule has 1 N–H and O–H groups in total. The van der Waals surface area contributed by atoms with E-state index in [2.05, 4.69) is 11.7 Å². The predicted octanol–water partition coefficient (Wildman–Crippen LogP) is 3.96. The molecule has 1 aliphatic heterocycles. The maximum Gasteiger partial charge on any atom is 0.337 e. The standard InChI is InChI=1S/C26H22N2O7/c1-4-13-34-19-11-9-17(10-12-19)23(29)21-22(16-5-7-18(8-6-16)26(32)33-3)28(25(31)24(21)30)20-14-15(2)35-27-20/h4-12,14,22,29H,1,13H2,2-3H3/b23-21+/t22-/m1/s1. The van der Waals surface area contributed by atoms with Crippen LogP contribution in [0.15, 0.2) is 77.3 Å². The zero-order valence-corrected chi connectivity index (χ0v) is 19.1. The lowest BCUT2D eigenvalue weighted by Crippen LogP contribution is -2.29. The highest BCUT2D eigenvalue weighted by atomic mass is 16.5. The number of aromatic nitrogens is 1. The molecule has 0 bridgehead atoms. The molecule has 2 aromatic carbocycles. The van der Waals surface area contributed by atoms with Crippen LogP contribution in [0.4, 0.5) is 5.82 Å². The summed E-state index contributed by atoms with van der Waals surface area (Å²) in [6.45, 7) is 5.57. The van der Waals surface area contributed by atoms with Crippen molar-refractivity contribution in [2.75, 3.05) is 18.6 Å². The third kappa shape index (κ3) is 4.43. The van der Waals surface area contributed by atoms with Gasteiger partial charge in [0, 0.05) is 11.6 Å².